The lowest BCUT2D eigenvalue weighted by Gasteiger charge is -2.61. The van der Waals surface area contributed by atoms with Crippen molar-refractivity contribution < 1.29 is 9.53 Å². The summed E-state index contributed by atoms with van der Waals surface area (Å²) in [4.78, 5) is 13.7. The van der Waals surface area contributed by atoms with E-state index in [0.717, 1.165) is 30.3 Å². The Morgan fingerprint density at radius 2 is 1.21 bits per heavy atom. The molecule has 168 valence electrons. The Balaban J connectivity index is 0.000000186. The summed E-state index contributed by atoms with van der Waals surface area (Å²) in [7, 11) is 0. The lowest BCUT2D eigenvalue weighted by Crippen LogP contribution is -2.65. The van der Waals surface area contributed by atoms with Gasteiger partial charge in [0.05, 0.1) is 0 Å². The summed E-state index contributed by atoms with van der Waals surface area (Å²) in [5, 5.41) is 3.38. The van der Waals surface area contributed by atoms with Crippen molar-refractivity contribution in [3.8, 4) is 0 Å². The number of carbonyl (C=O) groups is 1. The van der Waals surface area contributed by atoms with Crippen LogP contribution in [0.2, 0.25) is 0 Å². The Bertz CT molecular complexity index is 594. The van der Waals surface area contributed by atoms with E-state index in [9.17, 15) is 4.79 Å². The van der Waals surface area contributed by atoms with Crippen LogP contribution in [0.4, 0.5) is 4.79 Å². The van der Waals surface area contributed by atoms with Crippen LogP contribution in [0.1, 0.15) is 88.0 Å². The monoisotopic (exact) mass is 406 g/mol. The van der Waals surface area contributed by atoms with Gasteiger partial charge in [-0.2, -0.15) is 0 Å². The number of amides is 1. The van der Waals surface area contributed by atoms with E-state index in [1.807, 2.05) is 25.7 Å². The van der Waals surface area contributed by atoms with Crippen molar-refractivity contribution in [1.82, 2.24) is 10.2 Å². The van der Waals surface area contributed by atoms with Crippen LogP contribution in [0.15, 0.2) is 0 Å². The molecule has 4 aliphatic rings. The van der Waals surface area contributed by atoms with Crippen molar-refractivity contribution in [3.63, 3.8) is 0 Å². The molecule has 2 aliphatic heterocycles. The van der Waals surface area contributed by atoms with Gasteiger partial charge in [-0.15, -0.1) is 0 Å². The van der Waals surface area contributed by atoms with Gasteiger partial charge in [-0.1, -0.05) is 41.5 Å². The average Bonchev–Trinajstić information content (AvgIpc) is 2.25. The Morgan fingerprint density at radius 1 is 0.793 bits per heavy atom. The zero-order valence-corrected chi connectivity index (χ0v) is 20.6. The van der Waals surface area contributed by atoms with Gasteiger partial charge in [0.2, 0.25) is 0 Å². The lowest BCUT2D eigenvalue weighted by atomic mass is 9.52. The maximum Gasteiger partial charge on any atom is 0.410 e. The minimum Gasteiger partial charge on any atom is -0.444 e. The Morgan fingerprint density at radius 3 is 1.52 bits per heavy atom. The molecule has 4 nitrogen and oxygen atoms in total. The molecule has 0 aromatic carbocycles. The van der Waals surface area contributed by atoms with Gasteiger partial charge in [0.1, 0.15) is 5.60 Å². The molecule has 29 heavy (non-hydrogen) atoms. The summed E-state index contributed by atoms with van der Waals surface area (Å²) in [6.45, 7) is 24.2. The summed E-state index contributed by atoms with van der Waals surface area (Å²) in [5.41, 5.74) is 1.78. The third-order valence-corrected chi connectivity index (χ3v) is 7.87. The highest BCUT2D eigenvalue weighted by Gasteiger charge is 2.56. The van der Waals surface area contributed by atoms with Crippen LogP contribution in [-0.4, -0.2) is 42.8 Å². The first-order valence-corrected chi connectivity index (χ1v) is 11.7. The Kier molecular flexibility index (Phi) is 5.64. The minimum absolute atomic E-state index is 0.146. The quantitative estimate of drug-likeness (QED) is 0.560. The van der Waals surface area contributed by atoms with Gasteiger partial charge in [0.25, 0.3) is 0 Å². The number of nitrogens with zero attached hydrogens (tertiary/aromatic N) is 1. The molecular formula is C25H46N2O2. The fourth-order valence-corrected chi connectivity index (χ4v) is 5.44. The largest absolute Gasteiger partial charge is 0.444 e. The number of hydrogen-bond donors (Lipinski definition) is 1. The number of ether oxygens (including phenoxy) is 1. The van der Waals surface area contributed by atoms with E-state index in [0.29, 0.717) is 16.2 Å². The van der Waals surface area contributed by atoms with Crippen molar-refractivity contribution in [2.24, 2.45) is 33.5 Å². The molecule has 2 saturated heterocycles. The second-order valence-electron chi connectivity index (χ2n) is 13.9. The SMILES string of the molecule is CC(C)(C)C1CC2(CNC2)C1.CC(C)(C)OC(=O)N1CC2(CC(C(C)(C)C)C2)C1. The predicted molar refractivity (Wildman–Crippen MR) is 120 cm³/mol. The molecule has 1 amide bonds. The van der Waals surface area contributed by atoms with E-state index in [2.05, 4.69) is 46.9 Å². The van der Waals surface area contributed by atoms with E-state index >= 15 is 0 Å². The van der Waals surface area contributed by atoms with E-state index in [1.54, 1.807) is 0 Å². The van der Waals surface area contributed by atoms with Gasteiger partial charge in [0.15, 0.2) is 0 Å². The molecule has 0 bridgehead atoms. The van der Waals surface area contributed by atoms with Crippen LogP contribution in [0.5, 0.6) is 0 Å². The molecule has 0 aromatic heterocycles. The second kappa shape index (κ2) is 7.14. The molecule has 0 radical (unpaired) electrons. The zero-order chi connectivity index (χ0) is 21.9. The molecule has 0 atom stereocenters. The molecule has 4 fully saturated rings. The summed E-state index contributed by atoms with van der Waals surface area (Å²) in [6, 6.07) is 0. The van der Waals surface area contributed by atoms with E-state index in [4.69, 9.17) is 4.74 Å². The smallest absolute Gasteiger partial charge is 0.410 e. The van der Waals surface area contributed by atoms with Gasteiger partial charge >= 0.3 is 6.09 Å². The van der Waals surface area contributed by atoms with Gasteiger partial charge in [-0.25, -0.2) is 4.79 Å². The first-order valence-electron chi connectivity index (χ1n) is 11.7. The molecule has 4 heteroatoms. The molecule has 4 rings (SSSR count). The van der Waals surface area contributed by atoms with Crippen LogP contribution in [-0.2, 0) is 4.74 Å². The van der Waals surface area contributed by atoms with Crippen molar-refractivity contribution in [1.29, 1.82) is 0 Å². The van der Waals surface area contributed by atoms with Crippen molar-refractivity contribution >= 4 is 6.09 Å². The fourth-order valence-electron chi connectivity index (χ4n) is 5.44. The van der Waals surface area contributed by atoms with Crippen molar-refractivity contribution in [2.75, 3.05) is 26.2 Å². The molecule has 0 unspecified atom stereocenters. The van der Waals surface area contributed by atoms with E-state index < -0.39 is 0 Å². The van der Waals surface area contributed by atoms with Gasteiger partial charge in [-0.05, 0) is 74.5 Å². The van der Waals surface area contributed by atoms with Crippen LogP contribution in [0.3, 0.4) is 0 Å². The van der Waals surface area contributed by atoms with Crippen LogP contribution >= 0.6 is 0 Å². The van der Waals surface area contributed by atoms with Gasteiger partial charge in [0, 0.05) is 31.6 Å². The van der Waals surface area contributed by atoms with E-state index in [1.165, 1.54) is 38.8 Å². The second-order valence-corrected chi connectivity index (χ2v) is 13.9. The van der Waals surface area contributed by atoms with Crippen LogP contribution < -0.4 is 5.32 Å². The Labute approximate surface area is 179 Å². The summed E-state index contributed by atoms with van der Waals surface area (Å²) >= 11 is 0. The lowest BCUT2D eigenvalue weighted by molar-refractivity contribution is -0.119. The zero-order valence-electron chi connectivity index (χ0n) is 20.6. The topological polar surface area (TPSA) is 41.6 Å². The minimum atomic E-state index is -0.382. The first kappa shape index (κ1) is 22.9. The van der Waals surface area contributed by atoms with Gasteiger partial charge in [-0.3, -0.25) is 0 Å². The summed E-state index contributed by atoms with van der Waals surface area (Å²) < 4.78 is 5.38. The van der Waals surface area contributed by atoms with Crippen LogP contribution in [0.25, 0.3) is 0 Å². The van der Waals surface area contributed by atoms with E-state index in [-0.39, 0.29) is 11.7 Å². The standard InChI is InChI=1S/C15H27NO2.C10H19N/c1-13(2,3)11-7-15(8-11)9-16(10-15)12(17)18-14(4,5)6;1-9(2,3)8-4-10(5-8)6-11-7-10/h11H,7-10H2,1-6H3;8,11H,4-7H2,1-3H3. The molecule has 0 aromatic rings. The number of rotatable bonds is 0. The fraction of sp³-hybridized carbons (Fsp3) is 0.960. The normalized spacial score (nSPS) is 25.9. The summed E-state index contributed by atoms with van der Waals surface area (Å²) in [5.74, 6) is 1.81. The van der Waals surface area contributed by atoms with Crippen LogP contribution in [0, 0.1) is 33.5 Å². The highest BCUT2D eigenvalue weighted by Crippen LogP contribution is 2.57. The maximum absolute atomic E-state index is 11.9. The molecule has 2 saturated carbocycles. The predicted octanol–water partition coefficient (Wildman–Crippen LogP) is 5.71. The third-order valence-electron chi connectivity index (χ3n) is 7.87. The molecule has 2 heterocycles. The maximum atomic E-state index is 11.9. The molecule has 2 spiro atoms. The number of hydrogen-bond acceptors (Lipinski definition) is 3. The molecular weight excluding hydrogens is 360 g/mol. The van der Waals surface area contributed by atoms with Gasteiger partial charge < -0.3 is 15.0 Å². The van der Waals surface area contributed by atoms with Crippen molar-refractivity contribution in [2.45, 2.75) is 93.6 Å². The molecule has 1 N–H and O–H groups in total. The molecule has 2 aliphatic carbocycles. The number of carbonyl (C=O) groups excluding carboxylic acids is 1. The highest BCUT2D eigenvalue weighted by molar-refractivity contribution is 5.69. The number of likely N-dealkylation sites (tertiary alicyclic amines) is 1. The summed E-state index contributed by atoms with van der Waals surface area (Å²) in [6.07, 6.45) is 5.35. The average molecular weight is 407 g/mol. The Hall–Kier alpha value is -0.770. The van der Waals surface area contributed by atoms with Crippen molar-refractivity contribution in [3.05, 3.63) is 0 Å². The number of nitrogens with one attached hydrogen (secondary N) is 1. The highest BCUT2D eigenvalue weighted by atomic mass is 16.6. The third kappa shape index (κ3) is 5.11. The first-order chi connectivity index (χ1) is 13.0.